The van der Waals surface area contributed by atoms with Crippen molar-refractivity contribution in [3.8, 4) is 0 Å². The highest BCUT2D eigenvalue weighted by molar-refractivity contribution is 5.69. The number of hydrogen-bond donors (Lipinski definition) is 1. The zero-order chi connectivity index (χ0) is 16.2. The Morgan fingerprint density at radius 1 is 1.13 bits per heavy atom. The second-order valence-electron chi connectivity index (χ2n) is 5.61. The predicted molar refractivity (Wildman–Crippen MR) is 90.3 cm³/mol. The zero-order valence-corrected chi connectivity index (χ0v) is 13.0. The van der Waals surface area contributed by atoms with Crippen LogP contribution in [0.1, 0.15) is 0 Å². The molecule has 1 aromatic carbocycles. The molecular weight excluding hydrogens is 294 g/mol. The van der Waals surface area contributed by atoms with E-state index < -0.39 is 4.92 Å². The number of aromatic nitrogens is 1. The second-order valence-corrected chi connectivity index (χ2v) is 5.61. The van der Waals surface area contributed by atoms with Gasteiger partial charge in [0.25, 0.3) is 0 Å². The Kier molecular flexibility index (Phi) is 4.38. The van der Waals surface area contributed by atoms with E-state index in [0.717, 1.165) is 31.9 Å². The fraction of sp³-hybridized carbons (Fsp3) is 0.312. The molecule has 7 nitrogen and oxygen atoms in total. The average Bonchev–Trinajstić information content (AvgIpc) is 2.57. The summed E-state index contributed by atoms with van der Waals surface area (Å²) < 4.78 is 0. The van der Waals surface area contributed by atoms with E-state index in [1.54, 1.807) is 6.07 Å². The Balaban J connectivity index is 1.72. The summed E-state index contributed by atoms with van der Waals surface area (Å²) in [5.74, 6) is 0. The first-order valence-corrected chi connectivity index (χ1v) is 7.52. The molecule has 1 aliphatic heterocycles. The largest absolute Gasteiger partial charge is 0.369 e. The third-order valence-corrected chi connectivity index (χ3v) is 4.01. The van der Waals surface area contributed by atoms with E-state index in [1.807, 2.05) is 24.3 Å². The highest BCUT2D eigenvalue weighted by Crippen LogP contribution is 2.27. The summed E-state index contributed by atoms with van der Waals surface area (Å²) in [7, 11) is 2.13. The topological polar surface area (TPSA) is 74.5 Å². The molecule has 0 unspecified atom stereocenters. The van der Waals surface area contributed by atoms with Crippen molar-refractivity contribution in [2.45, 2.75) is 0 Å². The maximum absolute atomic E-state index is 11.0. The van der Waals surface area contributed by atoms with E-state index in [2.05, 4.69) is 27.1 Å². The van der Waals surface area contributed by atoms with Gasteiger partial charge in [0.2, 0.25) is 0 Å². The molecule has 3 rings (SSSR count). The van der Waals surface area contributed by atoms with Crippen molar-refractivity contribution < 1.29 is 4.92 Å². The predicted octanol–water partition coefficient (Wildman–Crippen LogP) is 2.49. The van der Waals surface area contributed by atoms with Crippen LogP contribution < -0.4 is 10.2 Å². The zero-order valence-electron chi connectivity index (χ0n) is 13.0. The van der Waals surface area contributed by atoms with Crippen LogP contribution in [0.5, 0.6) is 0 Å². The number of benzene rings is 1. The van der Waals surface area contributed by atoms with Gasteiger partial charge < -0.3 is 15.1 Å². The number of rotatable bonds is 4. The van der Waals surface area contributed by atoms with Crippen LogP contribution in [0.4, 0.5) is 22.7 Å². The lowest BCUT2D eigenvalue weighted by Gasteiger charge is -2.34. The van der Waals surface area contributed by atoms with E-state index in [1.165, 1.54) is 18.1 Å². The van der Waals surface area contributed by atoms with Crippen LogP contribution in [-0.2, 0) is 0 Å². The first-order chi connectivity index (χ1) is 11.1. The van der Waals surface area contributed by atoms with E-state index in [4.69, 9.17) is 0 Å². The van der Waals surface area contributed by atoms with Crippen LogP contribution in [-0.4, -0.2) is 48.0 Å². The molecule has 0 saturated carbocycles. The normalized spacial score (nSPS) is 15.4. The standard InChI is InChI=1S/C16H19N5O2/c1-19-8-10-20(11-9-19)14-4-2-13(3-5-14)18-15-6-7-17-12-16(15)21(22)23/h2-7,12H,8-11H2,1H3,(H,17,18). The molecule has 1 aromatic heterocycles. The molecule has 0 radical (unpaired) electrons. The van der Waals surface area contributed by atoms with Crippen molar-refractivity contribution in [3.05, 3.63) is 52.8 Å². The Morgan fingerprint density at radius 2 is 1.83 bits per heavy atom. The number of likely N-dealkylation sites (N-methyl/N-ethyl adjacent to an activating group) is 1. The van der Waals surface area contributed by atoms with Crippen LogP contribution >= 0.6 is 0 Å². The fourth-order valence-electron chi connectivity index (χ4n) is 2.61. The second kappa shape index (κ2) is 6.62. The summed E-state index contributed by atoms with van der Waals surface area (Å²) in [4.78, 5) is 19.0. The first-order valence-electron chi connectivity index (χ1n) is 7.52. The third kappa shape index (κ3) is 3.57. The minimum atomic E-state index is -0.437. The van der Waals surface area contributed by atoms with E-state index in [9.17, 15) is 10.1 Å². The number of nitrogens with zero attached hydrogens (tertiary/aromatic N) is 4. The minimum Gasteiger partial charge on any atom is -0.369 e. The highest BCUT2D eigenvalue weighted by atomic mass is 16.6. The lowest BCUT2D eigenvalue weighted by Crippen LogP contribution is -2.44. The van der Waals surface area contributed by atoms with Crippen LogP contribution in [0.25, 0.3) is 0 Å². The molecule has 0 amide bonds. The summed E-state index contributed by atoms with van der Waals surface area (Å²) in [5, 5.41) is 14.1. The maximum atomic E-state index is 11.0. The lowest BCUT2D eigenvalue weighted by atomic mass is 10.2. The highest BCUT2D eigenvalue weighted by Gasteiger charge is 2.15. The number of pyridine rings is 1. The molecule has 0 bridgehead atoms. The van der Waals surface area contributed by atoms with Crippen molar-refractivity contribution >= 4 is 22.7 Å². The molecule has 1 fully saturated rings. The Morgan fingerprint density at radius 3 is 2.48 bits per heavy atom. The molecule has 0 aliphatic carbocycles. The van der Waals surface area contributed by atoms with Gasteiger partial charge in [-0.2, -0.15) is 0 Å². The maximum Gasteiger partial charge on any atom is 0.310 e. The van der Waals surface area contributed by atoms with Crippen LogP contribution in [0, 0.1) is 10.1 Å². The lowest BCUT2D eigenvalue weighted by molar-refractivity contribution is -0.384. The van der Waals surface area contributed by atoms with Crippen molar-refractivity contribution in [1.29, 1.82) is 0 Å². The summed E-state index contributed by atoms with van der Waals surface area (Å²) in [6.07, 6.45) is 2.79. The van der Waals surface area contributed by atoms with Gasteiger partial charge in [0, 0.05) is 43.8 Å². The summed E-state index contributed by atoms with van der Waals surface area (Å²) >= 11 is 0. The summed E-state index contributed by atoms with van der Waals surface area (Å²) in [6.45, 7) is 4.14. The smallest absolute Gasteiger partial charge is 0.310 e. The SMILES string of the molecule is CN1CCN(c2ccc(Nc3ccncc3[N+](=O)[O-])cc2)CC1. The molecule has 0 spiro atoms. The Bertz CT molecular complexity index is 681. The molecule has 120 valence electrons. The van der Waals surface area contributed by atoms with Crippen molar-refractivity contribution in [2.24, 2.45) is 0 Å². The van der Waals surface area contributed by atoms with Gasteiger partial charge in [-0.1, -0.05) is 0 Å². The molecule has 1 N–H and O–H groups in total. The quantitative estimate of drug-likeness (QED) is 0.690. The number of piperazine rings is 1. The summed E-state index contributed by atoms with van der Waals surface area (Å²) in [6, 6.07) is 9.57. The Hall–Kier alpha value is -2.67. The molecule has 1 aliphatic rings. The molecule has 7 heteroatoms. The molecule has 2 heterocycles. The van der Waals surface area contributed by atoms with Gasteiger partial charge in [-0.25, -0.2) is 0 Å². The number of hydrogen-bond acceptors (Lipinski definition) is 6. The third-order valence-electron chi connectivity index (χ3n) is 4.01. The van der Waals surface area contributed by atoms with Crippen molar-refractivity contribution in [1.82, 2.24) is 9.88 Å². The van der Waals surface area contributed by atoms with Crippen LogP contribution in [0.2, 0.25) is 0 Å². The molecule has 2 aromatic rings. The molecule has 23 heavy (non-hydrogen) atoms. The molecule has 1 saturated heterocycles. The van der Waals surface area contributed by atoms with Gasteiger partial charge in [0.05, 0.1) is 4.92 Å². The van der Waals surface area contributed by atoms with Gasteiger partial charge in [-0.3, -0.25) is 15.1 Å². The van der Waals surface area contributed by atoms with E-state index >= 15 is 0 Å². The number of anilines is 3. The number of nitro groups is 1. The molecular formula is C16H19N5O2. The van der Waals surface area contributed by atoms with Gasteiger partial charge in [0.1, 0.15) is 11.9 Å². The Labute approximate surface area is 134 Å². The van der Waals surface area contributed by atoms with Gasteiger partial charge in [-0.05, 0) is 37.4 Å². The van der Waals surface area contributed by atoms with E-state index in [-0.39, 0.29) is 5.69 Å². The van der Waals surface area contributed by atoms with Crippen molar-refractivity contribution in [2.75, 3.05) is 43.4 Å². The minimum absolute atomic E-state index is 0.0318. The van der Waals surface area contributed by atoms with Gasteiger partial charge in [0.15, 0.2) is 0 Å². The van der Waals surface area contributed by atoms with Gasteiger partial charge in [-0.15, -0.1) is 0 Å². The molecule has 0 atom stereocenters. The van der Waals surface area contributed by atoms with Crippen LogP contribution in [0.3, 0.4) is 0 Å². The fourth-order valence-corrected chi connectivity index (χ4v) is 2.61. The monoisotopic (exact) mass is 313 g/mol. The van der Waals surface area contributed by atoms with Gasteiger partial charge >= 0.3 is 5.69 Å². The summed E-state index contributed by atoms with van der Waals surface area (Å²) in [5.41, 5.74) is 2.40. The first kappa shape index (κ1) is 15.2. The van der Waals surface area contributed by atoms with Crippen molar-refractivity contribution in [3.63, 3.8) is 0 Å². The van der Waals surface area contributed by atoms with E-state index in [0.29, 0.717) is 5.69 Å². The average molecular weight is 313 g/mol. The van der Waals surface area contributed by atoms with Crippen LogP contribution in [0.15, 0.2) is 42.7 Å². The number of nitrogens with one attached hydrogen (secondary N) is 1.